The van der Waals surface area contributed by atoms with Gasteiger partial charge in [0.15, 0.2) is 0 Å². The number of thiophene rings is 2. The molecule has 10 heteroatoms. The van der Waals surface area contributed by atoms with Crippen LogP contribution in [0.4, 0.5) is 0 Å². The maximum Gasteiger partial charge on any atom is 0.124 e. The van der Waals surface area contributed by atoms with Crippen LogP contribution in [0.2, 0.25) is 0 Å². The van der Waals surface area contributed by atoms with E-state index in [4.69, 9.17) is 28.6 Å². The van der Waals surface area contributed by atoms with Gasteiger partial charge < -0.3 is 18.9 Å². The van der Waals surface area contributed by atoms with E-state index >= 15 is 0 Å². The van der Waals surface area contributed by atoms with Crippen molar-refractivity contribution >= 4 is 46.1 Å². The van der Waals surface area contributed by atoms with Gasteiger partial charge >= 0.3 is 0 Å². The van der Waals surface area contributed by atoms with Gasteiger partial charge in [0.2, 0.25) is 0 Å². The molecule has 0 saturated carbocycles. The van der Waals surface area contributed by atoms with Crippen LogP contribution in [0.3, 0.4) is 0 Å². The van der Waals surface area contributed by atoms with Gasteiger partial charge in [0.25, 0.3) is 0 Å². The van der Waals surface area contributed by atoms with Crippen LogP contribution in [0.25, 0.3) is 5.57 Å². The summed E-state index contributed by atoms with van der Waals surface area (Å²) in [6, 6.07) is 16.5. The summed E-state index contributed by atoms with van der Waals surface area (Å²) in [7, 11) is 1.66. The Morgan fingerprint density at radius 2 is 1.73 bits per heavy atom. The summed E-state index contributed by atoms with van der Waals surface area (Å²) < 4.78 is 25.5. The normalized spacial score (nSPS) is 18.2. The minimum absolute atomic E-state index is 0.414. The van der Waals surface area contributed by atoms with Gasteiger partial charge in [-0.05, 0) is 29.0 Å². The van der Waals surface area contributed by atoms with Crippen LogP contribution in [0.5, 0.6) is 5.75 Å². The number of hydrogen-bond donors (Lipinski definition) is 1. The Morgan fingerprint density at radius 1 is 0.892 bits per heavy atom. The Balaban J connectivity index is 1.54. The molecule has 4 heterocycles. The van der Waals surface area contributed by atoms with E-state index in [1.165, 1.54) is 12.1 Å². The van der Waals surface area contributed by atoms with Crippen LogP contribution < -0.4 is 9.46 Å². The first-order chi connectivity index (χ1) is 18.4. The molecule has 0 amide bonds. The monoisotopic (exact) mass is 548 g/mol. The molecule has 0 radical (unpaired) electrons. The van der Waals surface area contributed by atoms with E-state index in [1.54, 1.807) is 42.2 Å². The van der Waals surface area contributed by atoms with E-state index in [-0.39, 0.29) is 0 Å². The SMILES string of the molecule is COCCOCCOc1ccccc1C1(c2cccs2)C2=NSNC2=C(c2cccs2)c2nccnc21. The zero-order chi connectivity index (χ0) is 25.1. The van der Waals surface area contributed by atoms with Crippen molar-refractivity contribution < 1.29 is 14.2 Å². The first kappa shape index (κ1) is 24.3. The molecule has 37 heavy (non-hydrogen) atoms. The number of allylic oxidation sites excluding steroid dienone is 1. The maximum absolute atomic E-state index is 6.35. The second kappa shape index (κ2) is 10.8. The fraction of sp³-hybridized carbons (Fsp3) is 0.222. The topological polar surface area (TPSA) is 77.9 Å². The molecule has 0 saturated heterocycles. The predicted molar refractivity (Wildman–Crippen MR) is 149 cm³/mol. The van der Waals surface area contributed by atoms with E-state index in [2.05, 4.69) is 45.8 Å². The van der Waals surface area contributed by atoms with Gasteiger partial charge in [0.1, 0.15) is 17.8 Å². The van der Waals surface area contributed by atoms with E-state index in [0.717, 1.165) is 49.4 Å². The largest absolute Gasteiger partial charge is 0.491 e. The number of rotatable bonds is 10. The first-order valence-corrected chi connectivity index (χ1v) is 14.3. The molecule has 0 spiro atoms. The third-order valence-electron chi connectivity index (χ3n) is 6.28. The molecular weight excluding hydrogens is 525 g/mol. The molecule has 6 rings (SSSR count). The van der Waals surface area contributed by atoms with Crippen molar-refractivity contribution in [3.05, 3.63) is 104 Å². The Labute approximate surface area is 227 Å². The van der Waals surface area contributed by atoms with Crippen LogP contribution in [0, 0.1) is 0 Å². The van der Waals surface area contributed by atoms with Gasteiger partial charge in [-0.3, -0.25) is 9.97 Å². The Bertz CT molecular complexity index is 1440. The van der Waals surface area contributed by atoms with E-state index < -0.39 is 5.41 Å². The molecule has 188 valence electrons. The average molecular weight is 549 g/mol. The molecule has 1 aliphatic heterocycles. The highest BCUT2D eigenvalue weighted by molar-refractivity contribution is 7.96. The molecule has 0 fully saturated rings. The first-order valence-electron chi connectivity index (χ1n) is 11.8. The molecule has 4 aromatic rings. The van der Waals surface area contributed by atoms with Crippen LogP contribution in [0.1, 0.15) is 26.7 Å². The molecule has 1 aliphatic carbocycles. The minimum Gasteiger partial charge on any atom is -0.491 e. The third-order valence-corrected chi connectivity index (χ3v) is 8.73. The average Bonchev–Trinajstić information content (AvgIpc) is 3.73. The molecule has 2 aliphatic rings. The number of aromatic nitrogens is 2. The fourth-order valence-corrected chi connectivity index (χ4v) is 7.16. The van der Waals surface area contributed by atoms with Gasteiger partial charge in [-0.25, -0.2) is 0 Å². The van der Waals surface area contributed by atoms with Crippen molar-refractivity contribution in [2.45, 2.75) is 5.41 Å². The van der Waals surface area contributed by atoms with Crippen LogP contribution in [0.15, 0.2) is 81.8 Å². The lowest BCUT2D eigenvalue weighted by molar-refractivity contribution is 0.0542. The summed E-state index contributed by atoms with van der Waals surface area (Å²) in [5.41, 5.74) is 4.77. The standard InChI is InChI=1S/C27H24N4O3S3/c1-32-12-13-33-14-15-34-19-7-3-2-6-18(19)27(21-9-5-17-36-21)25-23(28-10-11-29-25)22(20-8-4-16-35-20)24-26(27)31-37-30-24/h2-11,16-17,30H,12-15H2,1H3. The maximum atomic E-state index is 6.35. The molecule has 7 nitrogen and oxygen atoms in total. The molecular formula is C27H24N4O3S3. The quantitative estimate of drug-likeness (QED) is 0.211. The second-order valence-electron chi connectivity index (χ2n) is 8.29. The van der Waals surface area contributed by atoms with Crippen molar-refractivity contribution in [1.29, 1.82) is 0 Å². The van der Waals surface area contributed by atoms with E-state index in [9.17, 15) is 0 Å². The number of para-hydroxylation sites is 1. The third kappa shape index (κ3) is 4.18. The van der Waals surface area contributed by atoms with Gasteiger partial charge in [-0.1, -0.05) is 30.3 Å². The number of benzene rings is 1. The highest BCUT2D eigenvalue weighted by Crippen LogP contribution is 2.54. The van der Waals surface area contributed by atoms with Crippen molar-refractivity contribution in [2.24, 2.45) is 4.40 Å². The zero-order valence-corrected chi connectivity index (χ0v) is 22.5. The molecule has 1 unspecified atom stereocenters. The highest BCUT2D eigenvalue weighted by Gasteiger charge is 2.54. The highest BCUT2D eigenvalue weighted by atomic mass is 32.2. The lowest BCUT2D eigenvalue weighted by Crippen LogP contribution is -2.44. The molecule has 1 aromatic carbocycles. The van der Waals surface area contributed by atoms with Crippen molar-refractivity contribution in [2.75, 3.05) is 33.5 Å². The van der Waals surface area contributed by atoms with Crippen molar-refractivity contribution in [1.82, 2.24) is 14.7 Å². The number of nitrogens with zero attached hydrogens (tertiary/aromatic N) is 3. The van der Waals surface area contributed by atoms with Crippen LogP contribution in [-0.4, -0.2) is 49.2 Å². The number of fused-ring (bicyclic) bond motifs is 2. The van der Waals surface area contributed by atoms with E-state index in [1.807, 2.05) is 18.2 Å². The molecule has 1 atom stereocenters. The summed E-state index contributed by atoms with van der Waals surface area (Å²) in [4.78, 5) is 12.1. The number of nitrogens with one attached hydrogen (secondary N) is 1. The van der Waals surface area contributed by atoms with Crippen LogP contribution >= 0.6 is 34.8 Å². The minimum atomic E-state index is -0.794. The Kier molecular flexibility index (Phi) is 7.08. The van der Waals surface area contributed by atoms with Gasteiger partial charge in [0, 0.05) is 40.4 Å². The van der Waals surface area contributed by atoms with Crippen molar-refractivity contribution in [3.63, 3.8) is 0 Å². The Hall–Kier alpha value is -3.02. The summed E-state index contributed by atoms with van der Waals surface area (Å²) in [6.45, 7) is 1.96. The lowest BCUT2D eigenvalue weighted by Gasteiger charge is -2.39. The molecule has 1 N–H and O–H groups in total. The summed E-state index contributed by atoms with van der Waals surface area (Å²) in [6.07, 6.45) is 3.53. The Morgan fingerprint density at radius 3 is 2.57 bits per heavy atom. The summed E-state index contributed by atoms with van der Waals surface area (Å²) in [5, 5.41) is 4.17. The van der Waals surface area contributed by atoms with Gasteiger partial charge in [-0.2, -0.15) is 4.40 Å². The van der Waals surface area contributed by atoms with Gasteiger partial charge in [0.05, 0.1) is 54.8 Å². The van der Waals surface area contributed by atoms with Gasteiger partial charge in [-0.15, -0.1) is 22.7 Å². The predicted octanol–water partition coefficient (Wildman–Crippen LogP) is 5.36. The van der Waals surface area contributed by atoms with Crippen molar-refractivity contribution in [3.8, 4) is 5.75 Å². The fourth-order valence-electron chi connectivity index (χ4n) is 4.79. The van der Waals surface area contributed by atoms with Crippen LogP contribution in [-0.2, 0) is 14.9 Å². The molecule has 0 bridgehead atoms. The summed E-state index contributed by atoms with van der Waals surface area (Å²) in [5.74, 6) is 0.765. The smallest absolute Gasteiger partial charge is 0.124 e. The summed E-state index contributed by atoms with van der Waals surface area (Å²) >= 11 is 4.70. The number of ether oxygens (including phenoxy) is 3. The zero-order valence-electron chi connectivity index (χ0n) is 20.0. The number of hydrogen-bond acceptors (Lipinski definition) is 10. The second-order valence-corrected chi connectivity index (χ2v) is 10.8. The molecule has 3 aromatic heterocycles. The lowest BCUT2D eigenvalue weighted by atomic mass is 9.66. The van der Waals surface area contributed by atoms with E-state index in [0.29, 0.717) is 26.4 Å². The number of methoxy groups -OCH3 is 1.